The molecule has 5 nitrogen and oxygen atoms in total. The lowest BCUT2D eigenvalue weighted by Gasteiger charge is -2.37. The van der Waals surface area contributed by atoms with Crippen LogP contribution in [0.3, 0.4) is 0 Å². The number of carbonyl (C=O) groups excluding carboxylic acids is 2. The molecule has 1 aliphatic rings. The van der Waals surface area contributed by atoms with Crippen LogP contribution in [0.1, 0.15) is 60.0 Å². The standard InChI is InChI=1S/C25H26F7N3O2/c1-14-9-19(26)6-7-20(14)21-5-3-4-8-35(21)23(37)34-22(33-15(2)36)12-16-10-17(24(27,28)29)13-18(11-16)25(30,31)32/h6-7,9-11,13,21-22H,3-5,8,12H2,1-2H3,(H,33,36)(H,34,37). The van der Waals surface area contributed by atoms with Crippen molar-refractivity contribution in [3.05, 3.63) is 70.0 Å². The number of aryl methyl sites for hydroxylation is 1. The molecule has 2 unspecified atom stereocenters. The van der Waals surface area contributed by atoms with Crippen molar-refractivity contribution >= 4 is 11.9 Å². The van der Waals surface area contributed by atoms with Gasteiger partial charge in [0.1, 0.15) is 12.0 Å². The molecule has 2 atom stereocenters. The third-order valence-electron chi connectivity index (χ3n) is 6.12. The Kier molecular flexibility index (Phi) is 8.38. The molecule has 37 heavy (non-hydrogen) atoms. The van der Waals surface area contributed by atoms with E-state index in [4.69, 9.17) is 0 Å². The van der Waals surface area contributed by atoms with Gasteiger partial charge >= 0.3 is 18.4 Å². The zero-order valence-corrected chi connectivity index (χ0v) is 20.1. The molecule has 2 aromatic carbocycles. The van der Waals surface area contributed by atoms with E-state index in [1.165, 1.54) is 17.0 Å². The predicted molar refractivity (Wildman–Crippen MR) is 121 cm³/mol. The summed E-state index contributed by atoms with van der Waals surface area (Å²) in [4.78, 5) is 26.4. The number of carbonyl (C=O) groups is 2. The van der Waals surface area contributed by atoms with E-state index in [-0.39, 0.29) is 11.6 Å². The maximum atomic E-state index is 13.6. The first-order valence-corrected chi connectivity index (χ1v) is 11.5. The van der Waals surface area contributed by atoms with Crippen LogP contribution in [0.4, 0.5) is 35.5 Å². The van der Waals surface area contributed by atoms with Gasteiger partial charge in [-0.3, -0.25) is 4.79 Å². The Balaban J connectivity index is 1.88. The molecule has 202 valence electrons. The van der Waals surface area contributed by atoms with Crippen molar-refractivity contribution in [2.45, 2.75) is 64.1 Å². The molecule has 2 N–H and O–H groups in total. The molecule has 0 bridgehead atoms. The van der Waals surface area contributed by atoms with Crippen LogP contribution in [0.5, 0.6) is 0 Å². The van der Waals surface area contributed by atoms with Gasteiger partial charge in [0.05, 0.1) is 17.2 Å². The molecule has 3 amide bonds. The van der Waals surface area contributed by atoms with Crippen molar-refractivity contribution in [1.29, 1.82) is 0 Å². The van der Waals surface area contributed by atoms with E-state index in [0.717, 1.165) is 18.9 Å². The lowest BCUT2D eigenvalue weighted by atomic mass is 9.92. The summed E-state index contributed by atoms with van der Waals surface area (Å²) in [5, 5.41) is 4.91. The van der Waals surface area contributed by atoms with Crippen LogP contribution in [0.15, 0.2) is 36.4 Å². The van der Waals surface area contributed by atoms with Crippen molar-refractivity contribution in [1.82, 2.24) is 15.5 Å². The van der Waals surface area contributed by atoms with E-state index in [1.807, 2.05) is 0 Å². The lowest BCUT2D eigenvalue weighted by molar-refractivity contribution is -0.143. The van der Waals surface area contributed by atoms with Crippen LogP contribution in [-0.2, 0) is 23.6 Å². The number of benzene rings is 2. The third kappa shape index (κ3) is 7.36. The molecule has 12 heteroatoms. The molecule has 2 aromatic rings. The van der Waals surface area contributed by atoms with Crippen LogP contribution in [0.2, 0.25) is 0 Å². The summed E-state index contributed by atoms with van der Waals surface area (Å²) in [5.41, 5.74) is -2.00. The van der Waals surface area contributed by atoms with Gasteiger partial charge in [-0.25, -0.2) is 9.18 Å². The highest BCUT2D eigenvalue weighted by Gasteiger charge is 2.37. The van der Waals surface area contributed by atoms with E-state index >= 15 is 0 Å². The Hall–Kier alpha value is -3.31. The van der Waals surface area contributed by atoms with Crippen molar-refractivity contribution in [2.24, 2.45) is 0 Å². The number of alkyl halides is 6. The zero-order chi connectivity index (χ0) is 27.5. The zero-order valence-electron chi connectivity index (χ0n) is 20.1. The summed E-state index contributed by atoms with van der Waals surface area (Å²) in [6.07, 6.45) is -9.83. The van der Waals surface area contributed by atoms with Gasteiger partial charge in [-0.05, 0) is 73.2 Å². The molecular weight excluding hydrogens is 507 g/mol. The van der Waals surface area contributed by atoms with Crippen LogP contribution < -0.4 is 10.6 Å². The first kappa shape index (κ1) is 28.3. The number of amides is 3. The van der Waals surface area contributed by atoms with Gasteiger partial charge in [-0.15, -0.1) is 0 Å². The van der Waals surface area contributed by atoms with Crippen molar-refractivity contribution in [3.63, 3.8) is 0 Å². The van der Waals surface area contributed by atoms with Gasteiger partial charge in [0, 0.05) is 19.9 Å². The SMILES string of the molecule is CC(=O)NC(Cc1cc(C(F)(F)F)cc(C(F)(F)F)c1)NC(=O)N1CCCCC1c1ccc(F)cc1C. The van der Waals surface area contributed by atoms with Crippen molar-refractivity contribution in [2.75, 3.05) is 6.54 Å². The minimum absolute atomic E-state index is 0.0127. The Morgan fingerprint density at radius 2 is 1.59 bits per heavy atom. The highest BCUT2D eigenvalue weighted by Crippen LogP contribution is 2.37. The average Bonchev–Trinajstić information content (AvgIpc) is 2.77. The summed E-state index contributed by atoms with van der Waals surface area (Å²) >= 11 is 0. The van der Waals surface area contributed by atoms with Crippen LogP contribution in [0, 0.1) is 12.7 Å². The van der Waals surface area contributed by atoms with Gasteiger partial charge in [0.15, 0.2) is 0 Å². The highest BCUT2D eigenvalue weighted by atomic mass is 19.4. The smallest absolute Gasteiger partial charge is 0.336 e. The Bertz CT molecular complexity index is 1120. The van der Waals surface area contributed by atoms with Gasteiger partial charge in [-0.1, -0.05) is 6.07 Å². The van der Waals surface area contributed by atoms with Gasteiger partial charge in [0.2, 0.25) is 5.91 Å². The van der Waals surface area contributed by atoms with E-state index in [0.29, 0.717) is 37.1 Å². The number of urea groups is 1. The number of halogens is 7. The molecule has 1 aliphatic heterocycles. The lowest BCUT2D eigenvalue weighted by Crippen LogP contribution is -2.54. The second kappa shape index (κ2) is 11.0. The number of hydrogen-bond donors (Lipinski definition) is 2. The fraction of sp³-hybridized carbons (Fsp3) is 0.440. The Morgan fingerprint density at radius 3 is 2.14 bits per heavy atom. The topological polar surface area (TPSA) is 61.4 Å². The van der Waals surface area contributed by atoms with Gasteiger partial charge < -0.3 is 15.5 Å². The average molecular weight is 533 g/mol. The second-order valence-corrected chi connectivity index (χ2v) is 9.03. The third-order valence-corrected chi connectivity index (χ3v) is 6.12. The van der Waals surface area contributed by atoms with Gasteiger partial charge in [-0.2, -0.15) is 26.3 Å². The summed E-state index contributed by atoms with van der Waals surface area (Å²) in [5.74, 6) is -1.07. The predicted octanol–water partition coefficient (Wildman–Crippen LogP) is 6.11. The van der Waals surface area contributed by atoms with Crippen molar-refractivity contribution < 1.29 is 40.3 Å². The first-order chi connectivity index (χ1) is 17.1. The molecular formula is C25H26F7N3O2. The summed E-state index contributed by atoms with van der Waals surface area (Å²) in [6.45, 7) is 3.13. The number of nitrogens with zero attached hydrogens (tertiary/aromatic N) is 1. The van der Waals surface area contributed by atoms with Crippen LogP contribution in [0.25, 0.3) is 0 Å². The molecule has 0 aliphatic carbocycles. The minimum atomic E-state index is -5.03. The summed E-state index contributed by atoms with van der Waals surface area (Å²) in [7, 11) is 0. The van der Waals surface area contributed by atoms with Crippen LogP contribution >= 0.6 is 0 Å². The van der Waals surface area contributed by atoms with E-state index in [1.54, 1.807) is 13.0 Å². The fourth-order valence-corrected chi connectivity index (χ4v) is 4.50. The number of hydrogen-bond acceptors (Lipinski definition) is 2. The second-order valence-electron chi connectivity index (χ2n) is 9.03. The molecule has 3 rings (SSSR count). The minimum Gasteiger partial charge on any atom is -0.336 e. The van der Waals surface area contributed by atoms with E-state index < -0.39 is 59.9 Å². The number of rotatable bonds is 5. The normalized spacial score (nSPS) is 17.3. The van der Waals surface area contributed by atoms with E-state index in [2.05, 4.69) is 10.6 Å². The maximum absolute atomic E-state index is 13.6. The quantitative estimate of drug-likeness (QED) is 0.360. The number of nitrogens with one attached hydrogen (secondary N) is 2. The molecule has 0 spiro atoms. The Labute approximate surface area is 209 Å². The molecule has 0 radical (unpaired) electrons. The maximum Gasteiger partial charge on any atom is 0.416 e. The van der Waals surface area contributed by atoms with E-state index in [9.17, 15) is 40.3 Å². The number of likely N-dealkylation sites (tertiary alicyclic amines) is 1. The molecule has 1 heterocycles. The molecule has 0 saturated carbocycles. The van der Waals surface area contributed by atoms with Gasteiger partial charge in [0.25, 0.3) is 0 Å². The van der Waals surface area contributed by atoms with Crippen molar-refractivity contribution in [3.8, 4) is 0 Å². The molecule has 1 fully saturated rings. The highest BCUT2D eigenvalue weighted by molar-refractivity contribution is 5.77. The first-order valence-electron chi connectivity index (χ1n) is 11.5. The fourth-order valence-electron chi connectivity index (χ4n) is 4.50. The molecule has 1 saturated heterocycles. The largest absolute Gasteiger partial charge is 0.416 e. The monoisotopic (exact) mass is 533 g/mol. The summed E-state index contributed by atoms with van der Waals surface area (Å²) < 4.78 is 93.2. The Morgan fingerprint density at radius 1 is 0.973 bits per heavy atom. The summed E-state index contributed by atoms with van der Waals surface area (Å²) in [6, 6.07) is 4.24. The number of piperidine rings is 1. The molecule has 0 aromatic heterocycles. The van der Waals surface area contributed by atoms with Crippen LogP contribution in [-0.4, -0.2) is 29.5 Å².